The number of amides is 1. The number of halogens is 1. The van der Waals surface area contributed by atoms with Crippen molar-refractivity contribution in [2.75, 3.05) is 24.2 Å². The van der Waals surface area contributed by atoms with E-state index in [-0.39, 0.29) is 19.0 Å². The van der Waals surface area contributed by atoms with Gasteiger partial charge in [0, 0.05) is 17.6 Å². The van der Waals surface area contributed by atoms with Crippen molar-refractivity contribution in [2.45, 2.75) is 6.54 Å². The molecule has 2 aromatic carbocycles. The van der Waals surface area contributed by atoms with E-state index in [1.165, 1.54) is 11.9 Å². The molecule has 29 heavy (non-hydrogen) atoms. The molecule has 3 aromatic rings. The minimum Gasteiger partial charge on any atom is -0.337 e. The van der Waals surface area contributed by atoms with Crippen LogP contribution in [0.15, 0.2) is 59.1 Å². The third-order valence-corrected chi connectivity index (χ3v) is 5.48. The number of anilines is 1. The number of carbonyl (C=O) groups is 1. The first-order valence-electron chi connectivity index (χ1n) is 8.59. The maximum atomic E-state index is 12.6. The van der Waals surface area contributed by atoms with Crippen molar-refractivity contribution in [2.24, 2.45) is 0 Å². The molecule has 0 fully saturated rings. The Morgan fingerprint density at radius 2 is 1.76 bits per heavy atom. The van der Waals surface area contributed by atoms with Gasteiger partial charge in [-0.2, -0.15) is 4.98 Å². The molecule has 0 aliphatic carbocycles. The van der Waals surface area contributed by atoms with Gasteiger partial charge in [0.1, 0.15) is 6.54 Å². The van der Waals surface area contributed by atoms with Crippen molar-refractivity contribution < 1.29 is 17.7 Å². The highest BCUT2D eigenvalue weighted by Gasteiger charge is 2.23. The van der Waals surface area contributed by atoms with E-state index in [0.717, 1.165) is 16.1 Å². The molecular formula is C19H19ClN4O4S. The molecule has 1 aromatic heterocycles. The number of benzene rings is 2. The lowest BCUT2D eigenvalue weighted by Crippen LogP contribution is -2.41. The first-order chi connectivity index (χ1) is 13.7. The molecular weight excluding hydrogens is 416 g/mol. The summed E-state index contributed by atoms with van der Waals surface area (Å²) in [5.74, 6) is 0.238. The molecule has 10 heteroatoms. The summed E-state index contributed by atoms with van der Waals surface area (Å²) in [5, 5.41) is 4.38. The molecule has 0 saturated heterocycles. The normalized spacial score (nSPS) is 11.3. The molecule has 1 amide bonds. The van der Waals surface area contributed by atoms with Crippen molar-refractivity contribution in [1.82, 2.24) is 15.0 Å². The van der Waals surface area contributed by atoms with Crippen LogP contribution >= 0.6 is 11.6 Å². The fourth-order valence-corrected chi connectivity index (χ4v) is 3.54. The number of aromatic nitrogens is 2. The van der Waals surface area contributed by atoms with Crippen LogP contribution in [0.3, 0.4) is 0 Å². The van der Waals surface area contributed by atoms with Crippen LogP contribution in [-0.4, -0.2) is 49.2 Å². The van der Waals surface area contributed by atoms with Crippen molar-refractivity contribution in [3.05, 3.63) is 65.5 Å². The predicted octanol–water partition coefficient (Wildman–Crippen LogP) is 2.81. The SMILES string of the molecule is CN(Cc1nc(-c2ccccc2)no1)C(=O)CN(c1ccc(Cl)cc1)S(C)(=O)=O. The van der Waals surface area contributed by atoms with E-state index in [1.54, 1.807) is 24.3 Å². The van der Waals surface area contributed by atoms with Crippen LogP contribution in [0.4, 0.5) is 5.69 Å². The first-order valence-corrected chi connectivity index (χ1v) is 10.8. The molecule has 8 nitrogen and oxygen atoms in total. The fourth-order valence-electron chi connectivity index (χ4n) is 2.57. The number of carbonyl (C=O) groups excluding carboxylic acids is 1. The Labute approximate surface area is 173 Å². The fraction of sp³-hybridized carbons (Fsp3) is 0.211. The van der Waals surface area contributed by atoms with Crippen LogP contribution in [0.25, 0.3) is 11.4 Å². The number of hydrogen-bond donors (Lipinski definition) is 0. The Hall–Kier alpha value is -2.91. The van der Waals surface area contributed by atoms with Gasteiger partial charge in [-0.1, -0.05) is 47.1 Å². The molecule has 3 rings (SSSR count). The standard InChI is InChI=1S/C19H19ClN4O4S/c1-23(12-17-21-19(22-28-17)14-6-4-3-5-7-14)18(25)13-24(29(2,26)27)16-10-8-15(20)9-11-16/h3-11H,12-13H2,1-2H3. The van der Waals surface area contributed by atoms with E-state index in [1.807, 2.05) is 30.3 Å². The molecule has 0 spiro atoms. The quantitative estimate of drug-likeness (QED) is 0.567. The van der Waals surface area contributed by atoms with Crippen molar-refractivity contribution in [3.63, 3.8) is 0 Å². The van der Waals surface area contributed by atoms with Gasteiger partial charge in [0.25, 0.3) is 0 Å². The summed E-state index contributed by atoms with van der Waals surface area (Å²) in [6.45, 7) is -0.312. The third kappa shape index (κ3) is 5.33. The zero-order valence-corrected chi connectivity index (χ0v) is 17.4. The highest BCUT2D eigenvalue weighted by Crippen LogP contribution is 2.21. The number of rotatable bonds is 7. The second-order valence-electron chi connectivity index (χ2n) is 6.37. The minimum absolute atomic E-state index is 0.0525. The van der Waals surface area contributed by atoms with Crippen LogP contribution in [0.5, 0.6) is 0 Å². The molecule has 152 valence electrons. The number of nitrogens with zero attached hydrogens (tertiary/aromatic N) is 4. The highest BCUT2D eigenvalue weighted by atomic mass is 35.5. The summed E-state index contributed by atoms with van der Waals surface area (Å²) < 4.78 is 30.6. The predicted molar refractivity (Wildman–Crippen MR) is 110 cm³/mol. The zero-order valence-electron chi connectivity index (χ0n) is 15.8. The molecule has 0 atom stereocenters. The van der Waals surface area contributed by atoms with E-state index in [0.29, 0.717) is 16.5 Å². The molecule has 0 radical (unpaired) electrons. The van der Waals surface area contributed by atoms with Gasteiger partial charge in [0.15, 0.2) is 0 Å². The molecule has 0 unspecified atom stereocenters. The molecule has 0 saturated carbocycles. The van der Waals surface area contributed by atoms with E-state index in [4.69, 9.17) is 16.1 Å². The Bertz CT molecular complexity index is 1080. The average molecular weight is 435 g/mol. The molecule has 0 bridgehead atoms. The van der Waals surface area contributed by atoms with Gasteiger partial charge >= 0.3 is 0 Å². The average Bonchev–Trinajstić information content (AvgIpc) is 3.15. The van der Waals surface area contributed by atoms with Crippen LogP contribution in [0.1, 0.15) is 5.89 Å². The van der Waals surface area contributed by atoms with Crippen molar-refractivity contribution in [3.8, 4) is 11.4 Å². The maximum Gasteiger partial charge on any atom is 0.246 e. The monoisotopic (exact) mass is 434 g/mol. The zero-order chi connectivity index (χ0) is 21.0. The lowest BCUT2D eigenvalue weighted by molar-refractivity contribution is -0.129. The largest absolute Gasteiger partial charge is 0.337 e. The second kappa shape index (κ2) is 8.62. The summed E-state index contributed by atoms with van der Waals surface area (Å²) >= 11 is 5.86. The summed E-state index contributed by atoms with van der Waals surface area (Å²) in [6, 6.07) is 15.5. The summed E-state index contributed by atoms with van der Waals surface area (Å²) in [6.07, 6.45) is 1.04. The maximum absolute atomic E-state index is 12.6. The van der Waals surface area contributed by atoms with Gasteiger partial charge in [-0.05, 0) is 24.3 Å². The van der Waals surface area contributed by atoms with Crippen molar-refractivity contribution >= 4 is 33.2 Å². The van der Waals surface area contributed by atoms with Gasteiger partial charge in [-0.15, -0.1) is 0 Å². The van der Waals surface area contributed by atoms with Gasteiger partial charge in [-0.3, -0.25) is 9.10 Å². The molecule has 0 aliphatic heterocycles. The van der Waals surface area contributed by atoms with E-state index in [9.17, 15) is 13.2 Å². The molecule has 0 N–H and O–H groups in total. The summed E-state index contributed by atoms with van der Waals surface area (Å²) in [7, 11) is -2.13. The molecule has 1 heterocycles. The van der Waals surface area contributed by atoms with E-state index >= 15 is 0 Å². The second-order valence-corrected chi connectivity index (χ2v) is 8.72. The third-order valence-electron chi connectivity index (χ3n) is 4.09. The molecule has 0 aliphatic rings. The number of hydrogen-bond acceptors (Lipinski definition) is 6. The first kappa shape index (κ1) is 20.8. The number of sulfonamides is 1. The van der Waals surface area contributed by atoms with Gasteiger partial charge in [0.05, 0.1) is 18.5 Å². The smallest absolute Gasteiger partial charge is 0.246 e. The topological polar surface area (TPSA) is 96.6 Å². The Balaban J connectivity index is 1.70. The van der Waals surface area contributed by atoms with Crippen LogP contribution in [-0.2, 0) is 21.4 Å². The lowest BCUT2D eigenvalue weighted by atomic mass is 10.2. The minimum atomic E-state index is -3.67. The van der Waals surface area contributed by atoms with Gasteiger partial charge in [-0.25, -0.2) is 8.42 Å². The van der Waals surface area contributed by atoms with E-state index in [2.05, 4.69) is 10.1 Å². The van der Waals surface area contributed by atoms with Gasteiger partial charge in [0.2, 0.25) is 27.6 Å². The lowest BCUT2D eigenvalue weighted by Gasteiger charge is -2.24. The van der Waals surface area contributed by atoms with E-state index < -0.39 is 15.9 Å². The highest BCUT2D eigenvalue weighted by molar-refractivity contribution is 7.92. The van der Waals surface area contributed by atoms with Crippen LogP contribution < -0.4 is 4.31 Å². The van der Waals surface area contributed by atoms with Crippen LogP contribution in [0.2, 0.25) is 5.02 Å². The number of likely N-dealkylation sites (N-methyl/N-ethyl adjacent to an activating group) is 1. The summed E-state index contributed by atoms with van der Waals surface area (Å²) in [4.78, 5) is 18.2. The summed E-state index contributed by atoms with van der Waals surface area (Å²) in [5.41, 5.74) is 1.14. The Morgan fingerprint density at radius 3 is 2.38 bits per heavy atom. The van der Waals surface area contributed by atoms with Crippen molar-refractivity contribution in [1.29, 1.82) is 0 Å². The van der Waals surface area contributed by atoms with Crippen LogP contribution in [0, 0.1) is 0 Å². The Kier molecular flexibility index (Phi) is 6.19. The van der Waals surface area contributed by atoms with Gasteiger partial charge < -0.3 is 9.42 Å². The Morgan fingerprint density at radius 1 is 1.10 bits per heavy atom.